The van der Waals surface area contributed by atoms with Crippen LogP contribution in [0, 0.1) is 0 Å². The zero-order valence-electron chi connectivity index (χ0n) is 12.6. The lowest BCUT2D eigenvalue weighted by molar-refractivity contribution is 0.549. The van der Waals surface area contributed by atoms with Gasteiger partial charge in [-0.2, -0.15) is 0 Å². The second-order valence-corrected chi connectivity index (χ2v) is 5.49. The maximum atomic E-state index is 4.08. The van der Waals surface area contributed by atoms with Gasteiger partial charge in [-0.05, 0) is 47.7 Å². The molecule has 2 aromatic rings. The van der Waals surface area contributed by atoms with Crippen LogP contribution in [-0.4, -0.2) is 11.5 Å². The first kappa shape index (κ1) is 14.7. The second kappa shape index (κ2) is 7.20. The van der Waals surface area contributed by atoms with E-state index in [2.05, 4.69) is 67.5 Å². The van der Waals surface area contributed by atoms with Gasteiger partial charge in [0.25, 0.3) is 0 Å². The summed E-state index contributed by atoms with van der Waals surface area (Å²) >= 11 is 0. The number of likely N-dealkylation sites (N-methyl/N-ethyl adjacent to an activating group) is 1. The van der Waals surface area contributed by atoms with Crippen LogP contribution in [0.3, 0.4) is 0 Å². The van der Waals surface area contributed by atoms with Crippen LogP contribution in [0.5, 0.6) is 0 Å². The summed E-state index contributed by atoms with van der Waals surface area (Å²) in [7, 11) is 0. The Morgan fingerprint density at radius 1 is 0.950 bits per heavy atom. The highest BCUT2D eigenvalue weighted by molar-refractivity contribution is 5.28. The lowest BCUT2D eigenvalue weighted by Crippen LogP contribution is -2.23. The molecule has 20 heavy (non-hydrogen) atoms. The van der Waals surface area contributed by atoms with E-state index in [0.717, 1.165) is 13.0 Å². The Morgan fingerprint density at radius 3 is 2.10 bits per heavy atom. The highest BCUT2D eigenvalue weighted by Gasteiger charge is 2.11. The van der Waals surface area contributed by atoms with E-state index in [-0.39, 0.29) is 0 Å². The third kappa shape index (κ3) is 3.91. The van der Waals surface area contributed by atoms with Crippen molar-refractivity contribution < 1.29 is 0 Å². The number of pyridine rings is 1. The van der Waals surface area contributed by atoms with Gasteiger partial charge in [-0.25, -0.2) is 0 Å². The summed E-state index contributed by atoms with van der Waals surface area (Å²) in [4.78, 5) is 4.08. The zero-order chi connectivity index (χ0) is 14.4. The minimum atomic E-state index is 0.364. The molecule has 0 radical (unpaired) electrons. The lowest BCUT2D eigenvalue weighted by atomic mass is 9.96. The first-order valence-corrected chi connectivity index (χ1v) is 7.42. The lowest BCUT2D eigenvalue weighted by Gasteiger charge is -2.19. The summed E-state index contributed by atoms with van der Waals surface area (Å²) in [6, 6.07) is 13.5. The molecule has 1 N–H and O–H groups in total. The summed E-state index contributed by atoms with van der Waals surface area (Å²) in [5, 5.41) is 3.58. The van der Waals surface area contributed by atoms with Crippen molar-refractivity contribution in [2.45, 2.75) is 39.2 Å². The van der Waals surface area contributed by atoms with Crippen molar-refractivity contribution in [3.05, 3.63) is 65.5 Å². The summed E-state index contributed by atoms with van der Waals surface area (Å²) in [5.41, 5.74) is 4.07. The molecule has 1 aromatic carbocycles. The van der Waals surface area contributed by atoms with Crippen molar-refractivity contribution in [3.63, 3.8) is 0 Å². The van der Waals surface area contributed by atoms with Gasteiger partial charge in [0.2, 0.25) is 0 Å². The van der Waals surface area contributed by atoms with E-state index in [4.69, 9.17) is 0 Å². The molecule has 1 aromatic heterocycles. The monoisotopic (exact) mass is 268 g/mol. The van der Waals surface area contributed by atoms with Crippen LogP contribution in [0.2, 0.25) is 0 Å². The zero-order valence-corrected chi connectivity index (χ0v) is 12.6. The van der Waals surface area contributed by atoms with Crippen molar-refractivity contribution in [2.75, 3.05) is 6.54 Å². The van der Waals surface area contributed by atoms with E-state index in [1.807, 2.05) is 12.4 Å². The summed E-state index contributed by atoms with van der Waals surface area (Å²) in [6.07, 6.45) is 4.72. The minimum absolute atomic E-state index is 0.364. The molecule has 0 aliphatic heterocycles. The van der Waals surface area contributed by atoms with Gasteiger partial charge < -0.3 is 5.32 Å². The third-order valence-corrected chi connectivity index (χ3v) is 3.65. The predicted octanol–water partition coefficient (Wildman–Crippen LogP) is 4.10. The topological polar surface area (TPSA) is 24.9 Å². The molecule has 0 fully saturated rings. The highest BCUT2D eigenvalue weighted by Crippen LogP contribution is 2.21. The van der Waals surface area contributed by atoms with Gasteiger partial charge in [0, 0.05) is 18.4 Å². The summed E-state index contributed by atoms with van der Waals surface area (Å²) in [5.74, 6) is 0.585. The normalized spacial score (nSPS) is 12.6. The summed E-state index contributed by atoms with van der Waals surface area (Å²) < 4.78 is 0. The molecule has 2 nitrogen and oxygen atoms in total. The van der Waals surface area contributed by atoms with Crippen LogP contribution in [0.1, 0.15) is 49.4 Å². The van der Waals surface area contributed by atoms with E-state index in [9.17, 15) is 0 Å². The van der Waals surface area contributed by atoms with Gasteiger partial charge in [0.1, 0.15) is 0 Å². The fourth-order valence-electron chi connectivity index (χ4n) is 2.42. The van der Waals surface area contributed by atoms with Gasteiger partial charge in [-0.3, -0.25) is 4.98 Å². The molecular formula is C18H24N2. The number of rotatable bonds is 6. The molecule has 0 aliphatic carbocycles. The van der Waals surface area contributed by atoms with Gasteiger partial charge in [0.15, 0.2) is 0 Å². The van der Waals surface area contributed by atoms with Crippen LogP contribution in [0.4, 0.5) is 0 Å². The molecule has 1 atom stereocenters. The van der Waals surface area contributed by atoms with E-state index in [0.29, 0.717) is 12.0 Å². The molecule has 2 heteroatoms. The maximum absolute atomic E-state index is 4.08. The number of hydrogen-bond donors (Lipinski definition) is 1. The third-order valence-electron chi connectivity index (χ3n) is 3.65. The Balaban J connectivity index is 2.15. The van der Waals surface area contributed by atoms with Gasteiger partial charge in [-0.15, -0.1) is 0 Å². The van der Waals surface area contributed by atoms with Gasteiger partial charge in [-0.1, -0.05) is 45.0 Å². The van der Waals surface area contributed by atoms with E-state index >= 15 is 0 Å². The van der Waals surface area contributed by atoms with Gasteiger partial charge in [0.05, 0.1) is 0 Å². The highest BCUT2D eigenvalue weighted by atomic mass is 14.9. The van der Waals surface area contributed by atoms with Crippen molar-refractivity contribution in [2.24, 2.45) is 0 Å². The standard InChI is InChI=1S/C18H24N2/c1-4-20-18(13-15-9-11-19-12-10-15)17-7-5-16(6-8-17)14(2)3/h5-12,14,18,20H,4,13H2,1-3H3. The average Bonchev–Trinajstić information content (AvgIpc) is 2.48. The van der Waals surface area contributed by atoms with E-state index in [1.54, 1.807) is 0 Å². The molecule has 1 unspecified atom stereocenters. The number of benzene rings is 1. The molecule has 1 heterocycles. The van der Waals surface area contributed by atoms with Crippen molar-refractivity contribution in [1.29, 1.82) is 0 Å². The van der Waals surface area contributed by atoms with Crippen molar-refractivity contribution >= 4 is 0 Å². The molecule has 0 bridgehead atoms. The van der Waals surface area contributed by atoms with E-state index < -0.39 is 0 Å². The largest absolute Gasteiger partial charge is 0.310 e. The Kier molecular flexibility index (Phi) is 5.31. The molecule has 2 rings (SSSR count). The molecule has 0 saturated carbocycles. The quantitative estimate of drug-likeness (QED) is 0.853. The van der Waals surface area contributed by atoms with Gasteiger partial charge >= 0.3 is 0 Å². The maximum Gasteiger partial charge on any atom is 0.0360 e. The van der Waals surface area contributed by atoms with Crippen LogP contribution in [0.15, 0.2) is 48.8 Å². The van der Waals surface area contributed by atoms with Crippen LogP contribution >= 0.6 is 0 Å². The Bertz CT molecular complexity index is 503. The van der Waals surface area contributed by atoms with Crippen molar-refractivity contribution in [1.82, 2.24) is 10.3 Å². The molecule has 0 saturated heterocycles. The number of nitrogens with one attached hydrogen (secondary N) is 1. The van der Waals surface area contributed by atoms with Crippen LogP contribution in [-0.2, 0) is 6.42 Å². The van der Waals surface area contributed by atoms with E-state index in [1.165, 1.54) is 16.7 Å². The minimum Gasteiger partial charge on any atom is -0.310 e. The fourth-order valence-corrected chi connectivity index (χ4v) is 2.42. The molecule has 106 valence electrons. The molecule has 0 spiro atoms. The smallest absolute Gasteiger partial charge is 0.0360 e. The average molecular weight is 268 g/mol. The summed E-state index contributed by atoms with van der Waals surface area (Å²) in [6.45, 7) is 7.59. The van der Waals surface area contributed by atoms with Crippen LogP contribution in [0.25, 0.3) is 0 Å². The SMILES string of the molecule is CCNC(Cc1ccncc1)c1ccc(C(C)C)cc1. The first-order valence-electron chi connectivity index (χ1n) is 7.42. The van der Waals surface area contributed by atoms with Crippen molar-refractivity contribution in [3.8, 4) is 0 Å². The first-order chi connectivity index (χ1) is 9.70. The number of nitrogens with zero attached hydrogens (tertiary/aromatic N) is 1. The molecule has 0 aliphatic rings. The molecular weight excluding hydrogens is 244 g/mol. The Hall–Kier alpha value is -1.67. The van der Waals surface area contributed by atoms with Crippen LogP contribution < -0.4 is 5.32 Å². The number of aromatic nitrogens is 1. The predicted molar refractivity (Wildman–Crippen MR) is 84.9 cm³/mol. The number of hydrogen-bond acceptors (Lipinski definition) is 2. The fraction of sp³-hybridized carbons (Fsp3) is 0.389. The second-order valence-electron chi connectivity index (χ2n) is 5.49. The molecule has 0 amide bonds. The Morgan fingerprint density at radius 2 is 1.55 bits per heavy atom. The Labute approximate surface area is 122 Å².